The summed E-state index contributed by atoms with van der Waals surface area (Å²) in [5, 5.41) is 26.6. The average Bonchev–Trinajstić information content (AvgIpc) is 2.78. The van der Waals surface area contributed by atoms with Crippen molar-refractivity contribution in [2.24, 2.45) is 5.10 Å². The number of rotatable bonds is 3. The molecule has 0 atom stereocenters. The molecule has 1 aromatic carbocycles. The maximum atomic E-state index is 9.80. The van der Waals surface area contributed by atoms with E-state index in [2.05, 4.69) is 76.3 Å². The summed E-state index contributed by atoms with van der Waals surface area (Å²) in [6, 6.07) is 3.70. The molecule has 3 N–H and O–H groups in total. The van der Waals surface area contributed by atoms with Gasteiger partial charge in [-0.25, -0.2) is 10.5 Å². The lowest BCUT2D eigenvalue weighted by atomic mass is 10.2. The molecule has 9 heteroatoms. The molecule has 0 spiro atoms. The van der Waals surface area contributed by atoms with Crippen LogP contribution in [-0.2, 0) is 0 Å². The van der Waals surface area contributed by atoms with Crippen molar-refractivity contribution >= 4 is 57.3 Å². The van der Waals surface area contributed by atoms with Gasteiger partial charge in [-0.3, -0.25) is 0 Å². The highest BCUT2D eigenvalue weighted by Gasteiger charge is 2.05. The lowest BCUT2D eigenvalue weighted by molar-refractivity contribution is 0.470. The van der Waals surface area contributed by atoms with E-state index in [1.165, 1.54) is 6.21 Å². The van der Waals surface area contributed by atoms with E-state index in [4.69, 9.17) is 0 Å². The molecule has 0 bridgehead atoms. The minimum Gasteiger partial charge on any atom is -0.506 e. The smallest absolute Gasteiger partial charge is 0.260 e. The second kappa shape index (κ2) is 5.57. The summed E-state index contributed by atoms with van der Waals surface area (Å²) in [7, 11) is 0. The van der Waals surface area contributed by atoms with E-state index < -0.39 is 0 Å². The average molecular weight is 456 g/mol. The zero-order valence-corrected chi connectivity index (χ0v) is 12.5. The van der Waals surface area contributed by atoms with Gasteiger partial charge in [0.15, 0.2) is 0 Å². The normalized spacial score (nSPS) is 10.9. The van der Waals surface area contributed by atoms with Crippen LogP contribution < -0.4 is 5.43 Å². The number of phenols is 1. The lowest BCUT2D eigenvalue weighted by Gasteiger charge is -2.02. The standard InChI is InChI=1S/C8H6I2N6O/c9-5-1-4(7(17)6(10)2-5)3-11-12-8-13-15-16-14-8/h1-3,17H,(H2,12,13,14,15,16). The Morgan fingerprint density at radius 2 is 2.24 bits per heavy atom. The van der Waals surface area contributed by atoms with Crippen molar-refractivity contribution in [1.82, 2.24) is 20.6 Å². The van der Waals surface area contributed by atoms with Gasteiger partial charge in [0, 0.05) is 9.13 Å². The van der Waals surface area contributed by atoms with Crippen LogP contribution in [0.3, 0.4) is 0 Å². The van der Waals surface area contributed by atoms with Crippen LogP contribution in [0.1, 0.15) is 5.56 Å². The molecule has 0 unspecified atom stereocenters. The third-order valence-corrected chi connectivity index (χ3v) is 3.22. The van der Waals surface area contributed by atoms with Gasteiger partial charge >= 0.3 is 0 Å². The van der Waals surface area contributed by atoms with Crippen molar-refractivity contribution in [3.63, 3.8) is 0 Å². The Morgan fingerprint density at radius 3 is 2.94 bits per heavy atom. The van der Waals surface area contributed by atoms with Crippen molar-refractivity contribution in [3.05, 3.63) is 24.8 Å². The first kappa shape index (κ1) is 12.5. The van der Waals surface area contributed by atoms with Crippen LogP contribution in [0, 0.1) is 7.14 Å². The van der Waals surface area contributed by atoms with Gasteiger partial charge in [-0.2, -0.15) is 5.10 Å². The number of nitrogens with zero attached hydrogens (tertiary/aromatic N) is 4. The van der Waals surface area contributed by atoms with E-state index in [0.29, 0.717) is 11.5 Å². The van der Waals surface area contributed by atoms with E-state index in [1.54, 1.807) is 0 Å². The number of nitrogens with one attached hydrogen (secondary N) is 2. The maximum absolute atomic E-state index is 9.80. The van der Waals surface area contributed by atoms with Crippen LogP contribution in [0.4, 0.5) is 5.95 Å². The Kier molecular flexibility index (Phi) is 4.09. The molecule has 1 aromatic heterocycles. The molecular formula is C8H6I2N6O. The fourth-order valence-corrected chi connectivity index (χ4v) is 2.94. The van der Waals surface area contributed by atoms with Crippen molar-refractivity contribution in [1.29, 1.82) is 0 Å². The van der Waals surface area contributed by atoms with E-state index in [1.807, 2.05) is 12.1 Å². The quantitative estimate of drug-likeness (QED) is 0.370. The molecule has 88 valence electrons. The topological polar surface area (TPSA) is 99.1 Å². The summed E-state index contributed by atoms with van der Waals surface area (Å²) < 4.78 is 1.80. The van der Waals surface area contributed by atoms with Crippen LogP contribution in [0.2, 0.25) is 0 Å². The molecule has 7 nitrogen and oxygen atoms in total. The van der Waals surface area contributed by atoms with Crippen molar-refractivity contribution in [3.8, 4) is 5.75 Å². The number of benzene rings is 1. The SMILES string of the molecule is Oc1c(I)cc(I)cc1C=NNc1nnn[nH]1. The Balaban J connectivity index is 2.15. The third kappa shape index (κ3) is 3.24. The second-order valence-corrected chi connectivity index (χ2v) is 5.35. The number of aromatic hydroxyl groups is 1. The molecule has 2 aromatic rings. The summed E-state index contributed by atoms with van der Waals surface area (Å²) >= 11 is 4.24. The number of hydrogen-bond acceptors (Lipinski definition) is 6. The molecule has 17 heavy (non-hydrogen) atoms. The Labute approximate surface area is 123 Å². The van der Waals surface area contributed by atoms with Gasteiger partial charge in [0.1, 0.15) is 5.75 Å². The maximum Gasteiger partial charge on any atom is 0.260 e. The number of aromatic nitrogens is 4. The van der Waals surface area contributed by atoms with Crippen LogP contribution in [0.15, 0.2) is 17.2 Å². The molecular weight excluding hydrogens is 450 g/mol. The molecule has 0 fully saturated rings. The zero-order chi connectivity index (χ0) is 12.3. The predicted octanol–water partition coefficient (Wildman–Crippen LogP) is 1.56. The number of aromatic amines is 1. The highest BCUT2D eigenvalue weighted by atomic mass is 127. The first-order chi connectivity index (χ1) is 8.16. The van der Waals surface area contributed by atoms with Gasteiger partial charge in [0.25, 0.3) is 5.95 Å². The Hall–Kier alpha value is -0.980. The monoisotopic (exact) mass is 456 g/mol. The number of H-pyrrole nitrogens is 1. The molecule has 0 aliphatic carbocycles. The van der Waals surface area contributed by atoms with Gasteiger partial charge in [-0.1, -0.05) is 5.10 Å². The Bertz CT molecular complexity index is 541. The molecule has 0 aliphatic rings. The first-order valence-corrected chi connectivity index (χ1v) is 6.53. The number of halogens is 2. The molecule has 1 heterocycles. The predicted molar refractivity (Wildman–Crippen MR) is 78.9 cm³/mol. The van der Waals surface area contributed by atoms with E-state index in [9.17, 15) is 5.11 Å². The highest BCUT2D eigenvalue weighted by Crippen LogP contribution is 2.25. The molecule has 0 aliphatic heterocycles. The van der Waals surface area contributed by atoms with Crippen LogP contribution in [0.5, 0.6) is 5.75 Å². The van der Waals surface area contributed by atoms with Gasteiger partial charge in [0.2, 0.25) is 0 Å². The van der Waals surface area contributed by atoms with Crippen molar-refractivity contribution < 1.29 is 5.11 Å². The fraction of sp³-hybridized carbons (Fsp3) is 0. The number of hydrogen-bond donors (Lipinski definition) is 3. The van der Waals surface area contributed by atoms with Gasteiger partial charge in [-0.15, -0.1) is 0 Å². The minimum atomic E-state index is 0.201. The number of tetrazole rings is 1. The summed E-state index contributed by atoms with van der Waals surface area (Å²) in [4.78, 5) is 0. The molecule has 0 saturated carbocycles. The van der Waals surface area contributed by atoms with Crippen LogP contribution in [-0.4, -0.2) is 31.9 Å². The lowest BCUT2D eigenvalue weighted by Crippen LogP contribution is -1.94. The van der Waals surface area contributed by atoms with E-state index in [0.717, 1.165) is 7.14 Å². The van der Waals surface area contributed by atoms with Crippen LogP contribution in [0.25, 0.3) is 0 Å². The summed E-state index contributed by atoms with van der Waals surface area (Å²) in [6.45, 7) is 0. The fourth-order valence-electron chi connectivity index (χ4n) is 1.05. The number of anilines is 1. The summed E-state index contributed by atoms with van der Waals surface area (Å²) in [6.07, 6.45) is 1.50. The number of hydrazone groups is 1. The molecule has 0 saturated heterocycles. The van der Waals surface area contributed by atoms with Crippen LogP contribution >= 0.6 is 45.2 Å². The number of phenolic OH excluding ortho intramolecular Hbond substituents is 1. The van der Waals surface area contributed by atoms with Gasteiger partial charge < -0.3 is 5.11 Å². The second-order valence-electron chi connectivity index (χ2n) is 2.95. The summed E-state index contributed by atoms with van der Waals surface area (Å²) in [5.74, 6) is 0.535. The Morgan fingerprint density at radius 1 is 1.41 bits per heavy atom. The summed E-state index contributed by atoms with van der Waals surface area (Å²) in [5.41, 5.74) is 3.23. The molecule has 0 amide bonds. The molecule has 2 rings (SSSR count). The van der Waals surface area contributed by atoms with Crippen molar-refractivity contribution in [2.45, 2.75) is 0 Å². The van der Waals surface area contributed by atoms with E-state index >= 15 is 0 Å². The minimum absolute atomic E-state index is 0.201. The van der Waals surface area contributed by atoms with Crippen molar-refractivity contribution in [2.75, 3.05) is 5.43 Å². The zero-order valence-electron chi connectivity index (χ0n) is 8.22. The first-order valence-electron chi connectivity index (χ1n) is 4.37. The third-order valence-electron chi connectivity index (χ3n) is 1.78. The van der Waals surface area contributed by atoms with Gasteiger partial charge in [0.05, 0.1) is 9.78 Å². The van der Waals surface area contributed by atoms with Gasteiger partial charge in [-0.05, 0) is 67.7 Å². The largest absolute Gasteiger partial charge is 0.506 e. The highest BCUT2D eigenvalue weighted by molar-refractivity contribution is 14.1. The van der Waals surface area contributed by atoms with E-state index in [-0.39, 0.29) is 5.75 Å². The molecule has 0 radical (unpaired) electrons.